The second-order valence-electron chi connectivity index (χ2n) is 7.08. The Kier molecular flexibility index (Phi) is 4.37. The van der Waals surface area contributed by atoms with Crippen LogP contribution in [0.3, 0.4) is 0 Å². The quantitative estimate of drug-likeness (QED) is 0.817. The smallest absolute Gasteiger partial charge is 0.263 e. The molecule has 1 fully saturated rings. The maximum Gasteiger partial charge on any atom is 0.263 e. The van der Waals surface area contributed by atoms with E-state index >= 15 is 0 Å². The lowest BCUT2D eigenvalue weighted by Crippen LogP contribution is -2.43. The molecule has 3 heterocycles. The molecule has 7 heteroatoms. The summed E-state index contributed by atoms with van der Waals surface area (Å²) in [6.07, 6.45) is 3.08. The molecule has 6 nitrogen and oxygen atoms in total. The zero-order valence-electron chi connectivity index (χ0n) is 14.7. The Morgan fingerprint density at radius 2 is 2.12 bits per heavy atom. The number of aryl methyl sites for hydroxylation is 2. The molecule has 2 aromatic rings. The van der Waals surface area contributed by atoms with Gasteiger partial charge >= 0.3 is 0 Å². The van der Waals surface area contributed by atoms with Gasteiger partial charge in [-0.1, -0.05) is 6.92 Å². The number of aromatic nitrogens is 2. The molecule has 1 atom stereocenters. The minimum atomic E-state index is -0.0591. The van der Waals surface area contributed by atoms with Gasteiger partial charge in [0.2, 0.25) is 5.91 Å². The summed E-state index contributed by atoms with van der Waals surface area (Å²) in [6.45, 7) is 6.44. The van der Waals surface area contributed by atoms with Gasteiger partial charge in [0, 0.05) is 18.0 Å². The summed E-state index contributed by atoms with van der Waals surface area (Å²) in [7, 11) is 0. The first-order valence-electron chi connectivity index (χ1n) is 8.92. The van der Waals surface area contributed by atoms with Crippen LogP contribution in [0.4, 0.5) is 0 Å². The van der Waals surface area contributed by atoms with Crippen LogP contribution in [0.2, 0.25) is 0 Å². The normalized spacial score (nSPS) is 20.7. The highest BCUT2D eigenvalue weighted by Gasteiger charge is 2.25. The predicted octanol–water partition coefficient (Wildman–Crippen LogP) is 1.75. The van der Waals surface area contributed by atoms with Crippen molar-refractivity contribution < 1.29 is 9.53 Å². The number of ether oxygens (including phenoxy) is 1. The molecule has 0 saturated carbocycles. The standard InChI is InChI=1S/C18H23N3O3S/c1-11-3-4-13-14(9-11)25-17-16(13)18(23)21(12(2)19-17)10-15(22)20-5-7-24-8-6-20/h11H,3-10H2,1-2H3. The summed E-state index contributed by atoms with van der Waals surface area (Å²) in [5.74, 6) is 1.24. The summed E-state index contributed by atoms with van der Waals surface area (Å²) in [5.41, 5.74) is 1.11. The Morgan fingerprint density at radius 3 is 2.88 bits per heavy atom. The van der Waals surface area contributed by atoms with E-state index in [1.54, 1.807) is 20.8 Å². The number of carbonyl (C=O) groups excluding carboxylic acids is 1. The number of thiophene rings is 1. The van der Waals surface area contributed by atoms with Crippen molar-refractivity contribution in [3.63, 3.8) is 0 Å². The van der Waals surface area contributed by atoms with Crippen molar-refractivity contribution in [2.75, 3.05) is 26.3 Å². The van der Waals surface area contributed by atoms with Crippen LogP contribution in [0.1, 0.15) is 29.6 Å². The lowest BCUT2D eigenvalue weighted by Gasteiger charge is -2.27. The van der Waals surface area contributed by atoms with E-state index in [1.165, 1.54) is 10.4 Å². The van der Waals surface area contributed by atoms with Gasteiger partial charge in [0.15, 0.2) is 0 Å². The molecule has 134 valence electrons. The summed E-state index contributed by atoms with van der Waals surface area (Å²) in [5, 5.41) is 0.743. The molecule has 1 unspecified atom stereocenters. The molecular weight excluding hydrogens is 338 g/mol. The van der Waals surface area contributed by atoms with Gasteiger partial charge in [-0.2, -0.15) is 0 Å². The number of amides is 1. The van der Waals surface area contributed by atoms with Crippen LogP contribution in [0, 0.1) is 12.8 Å². The van der Waals surface area contributed by atoms with Gasteiger partial charge in [-0.3, -0.25) is 14.2 Å². The molecule has 0 spiro atoms. The molecule has 0 bridgehead atoms. The van der Waals surface area contributed by atoms with Gasteiger partial charge in [0.05, 0.1) is 18.6 Å². The van der Waals surface area contributed by atoms with E-state index in [0.717, 1.165) is 29.5 Å². The number of carbonyl (C=O) groups is 1. The minimum Gasteiger partial charge on any atom is -0.378 e. The van der Waals surface area contributed by atoms with Gasteiger partial charge in [-0.25, -0.2) is 4.98 Å². The van der Waals surface area contributed by atoms with E-state index in [2.05, 4.69) is 11.9 Å². The molecule has 0 N–H and O–H groups in total. The molecule has 1 aliphatic heterocycles. The number of hydrogen-bond acceptors (Lipinski definition) is 5. The van der Waals surface area contributed by atoms with Gasteiger partial charge in [0.1, 0.15) is 17.2 Å². The van der Waals surface area contributed by atoms with E-state index in [-0.39, 0.29) is 18.0 Å². The van der Waals surface area contributed by atoms with Crippen molar-refractivity contribution in [3.05, 3.63) is 26.6 Å². The monoisotopic (exact) mass is 361 g/mol. The molecule has 1 aliphatic carbocycles. The predicted molar refractivity (Wildman–Crippen MR) is 97.2 cm³/mol. The second-order valence-corrected chi connectivity index (χ2v) is 8.16. The Labute approximate surface area is 150 Å². The highest BCUT2D eigenvalue weighted by molar-refractivity contribution is 7.18. The number of morpholine rings is 1. The molecule has 1 amide bonds. The van der Waals surface area contributed by atoms with Crippen LogP contribution >= 0.6 is 11.3 Å². The Balaban J connectivity index is 1.72. The number of fused-ring (bicyclic) bond motifs is 3. The molecule has 1 saturated heterocycles. The van der Waals surface area contributed by atoms with Crippen molar-refractivity contribution in [1.29, 1.82) is 0 Å². The van der Waals surface area contributed by atoms with Crippen molar-refractivity contribution in [2.45, 2.75) is 39.7 Å². The third kappa shape index (κ3) is 3.00. The van der Waals surface area contributed by atoms with Crippen LogP contribution < -0.4 is 5.56 Å². The molecule has 2 aromatic heterocycles. The van der Waals surface area contributed by atoms with Gasteiger partial charge < -0.3 is 9.64 Å². The summed E-state index contributed by atoms with van der Waals surface area (Å²) in [4.78, 5) is 34.2. The lowest BCUT2D eigenvalue weighted by molar-refractivity contribution is -0.136. The SMILES string of the molecule is Cc1nc2sc3c(c2c(=O)n1CC(=O)N1CCOCC1)CCC(C)C3. The number of rotatable bonds is 2. The fraction of sp³-hybridized carbons (Fsp3) is 0.611. The lowest BCUT2D eigenvalue weighted by atomic mass is 9.89. The first kappa shape index (κ1) is 16.7. The molecular formula is C18H23N3O3S. The second kappa shape index (κ2) is 6.53. The zero-order chi connectivity index (χ0) is 17.6. The number of hydrogen-bond donors (Lipinski definition) is 0. The van der Waals surface area contributed by atoms with Gasteiger partial charge in [-0.15, -0.1) is 11.3 Å². The molecule has 2 aliphatic rings. The highest BCUT2D eigenvalue weighted by Crippen LogP contribution is 2.35. The highest BCUT2D eigenvalue weighted by atomic mass is 32.1. The van der Waals surface area contributed by atoms with Crippen molar-refractivity contribution >= 4 is 27.5 Å². The van der Waals surface area contributed by atoms with Crippen molar-refractivity contribution in [2.24, 2.45) is 5.92 Å². The molecule has 0 radical (unpaired) electrons. The Hall–Kier alpha value is -1.73. The Bertz CT molecular complexity index is 880. The third-order valence-electron chi connectivity index (χ3n) is 5.26. The van der Waals surface area contributed by atoms with E-state index < -0.39 is 0 Å². The van der Waals surface area contributed by atoms with Gasteiger partial charge in [0.25, 0.3) is 5.56 Å². The maximum absolute atomic E-state index is 13.1. The molecule has 25 heavy (non-hydrogen) atoms. The zero-order valence-corrected chi connectivity index (χ0v) is 15.5. The first-order chi connectivity index (χ1) is 12.0. The van der Waals surface area contributed by atoms with Crippen molar-refractivity contribution in [3.8, 4) is 0 Å². The van der Waals surface area contributed by atoms with E-state index in [4.69, 9.17) is 4.74 Å². The van der Waals surface area contributed by atoms with Crippen LogP contribution in [0.25, 0.3) is 10.2 Å². The largest absolute Gasteiger partial charge is 0.378 e. The topological polar surface area (TPSA) is 64.4 Å². The van der Waals surface area contributed by atoms with Crippen LogP contribution in [-0.4, -0.2) is 46.7 Å². The first-order valence-corrected chi connectivity index (χ1v) is 9.73. The summed E-state index contributed by atoms with van der Waals surface area (Å²) < 4.78 is 6.84. The number of nitrogens with zero attached hydrogens (tertiary/aromatic N) is 3. The fourth-order valence-corrected chi connectivity index (χ4v) is 5.18. The fourth-order valence-electron chi connectivity index (χ4n) is 3.76. The maximum atomic E-state index is 13.1. The minimum absolute atomic E-state index is 0.0348. The molecule has 0 aromatic carbocycles. The van der Waals surface area contributed by atoms with Crippen LogP contribution in [0.15, 0.2) is 4.79 Å². The summed E-state index contributed by atoms with van der Waals surface area (Å²) >= 11 is 1.65. The van der Waals surface area contributed by atoms with Crippen LogP contribution in [0.5, 0.6) is 0 Å². The van der Waals surface area contributed by atoms with Crippen LogP contribution in [-0.2, 0) is 28.9 Å². The van der Waals surface area contributed by atoms with E-state index in [0.29, 0.717) is 38.0 Å². The Morgan fingerprint density at radius 1 is 1.36 bits per heavy atom. The summed E-state index contributed by atoms with van der Waals surface area (Å²) in [6, 6.07) is 0. The molecule has 4 rings (SSSR count). The van der Waals surface area contributed by atoms with Gasteiger partial charge in [-0.05, 0) is 37.7 Å². The third-order valence-corrected chi connectivity index (χ3v) is 6.41. The van der Waals surface area contributed by atoms with E-state index in [1.807, 2.05) is 6.92 Å². The van der Waals surface area contributed by atoms with Crippen molar-refractivity contribution in [1.82, 2.24) is 14.5 Å². The average Bonchev–Trinajstić information content (AvgIpc) is 2.96. The average molecular weight is 361 g/mol. The van der Waals surface area contributed by atoms with E-state index in [9.17, 15) is 9.59 Å².